The van der Waals surface area contributed by atoms with Crippen molar-refractivity contribution in [1.82, 2.24) is 73.7 Å². The van der Waals surface area contributed by atoms with Crippen LogP contribution in [0.3, 0.4) is 0 Å². The van der Waals surface area contributed by atoms with Crippen LogP contribution in [0, 0.1) is 11.6 Å². The molecule has 5 N–H and O–H groups in total. The number of ether oxygens (including phenoxy) is 4. The summed E-state index contributed by atoms with van der Waals surface area (Å²) in [7, 11) is 6.37. The highest BCUT2D eigenvalue weighted by Crippen LogP contribution is 2.38. The molecule has 0 atom stereocenters. The second kappa shape index (κ2) is 48.1. The second-order valence-corrected chi connectivity index (χ2v) is 41.5. The molecule has 4 aromatic carbocycles. The maximum absolute atomic E-state index is 15.6. The molecule has 14 aromatic rings. The molecule has 0 saturated heterocycles. The molecule has 39 heteroatoms. The minimum absolute atomic E-state index is 0.0623. The van der Waals surface area contributed by atoms with Gasteiger partial charge < -0.3 is 63.6 Å². The molecule has 0 aliphatic rings. The predicted octanol–water partition coefficient (Wildman–Crippen LogP) is 18.9. The highest BCUT2D eigenvalue weighted by atomic mass is 79.9. The Morgan fingerprint density at radius 3 is 1.17 bits per heavy atom. The number of carbonyl (C=O) groups excluding carboxylic acids is 5. The molecule has 10 aromatic heterocycles. The first-order chi connectivity index (χ1) is 69.6. The van der Waals surface area contributed by atoms with E-state index in [9.17, 15) is 57.8 Å². The van der Waals surface area contributed by atoms with Crippen LogP contribution in [0.25, 0.3) is 55.2 Å². The van der Waals surface area contributed by atoms with Gasteiger partial charge in [0.15, 0.2) is 6.29 Å². The molecule has 0 fully saturated rings. The van der Waals surface area contributed by atoms with Crippen LogP contribution < -0.4 is 69.3 Å². The van der Waals surface area contributed by atoms with Crippen molar-refractivity contribution in [2.75, 3.05) is 39.7 Å². The molecule has 778 valence electrons. The van der Waals surface area contributed by atoms with Gasteiger partial charge in [0.2, 0.25) is 0 Å². The smallest absolute Gasteiger partial charge is 0.420 e. The van der Waals surface area contributed by atoms with E-state index in [0.29, 0.717) is 113 Å². The molecule has 0 radical (unpaired) electrons. The summed E-state index contributed by atoms with van der Waals surface area (Å²) in [6.45, 7) is 38.4. The molecule has 0 saturated carbocycles. The molecule has 0 spiro atoms. The van der Waals surface area contributed by atoms with Gasteiger partial charge in [0.1, 0.15) is 81.1 Å². The van der Waals surface area contributed by atoms with Gasteiger partial charge in [0.05, 0.1) is 41.1 Å². The maximum atomic E-state index is 15.6. The lowest BCUT2D eigenvalue weighted by atomic mass is 9.86. The second-order valence-electron chi connectivity index (χ2n) is 39.7. The van der Waals surface area contributed by atoms with Crippen molar-refractivity contribution in [2.45, 2.75) is 192 Å². The van der Waals surface area contributed by atoms with E-state index in [2.05, 4.69) is 83.3 Å². The van der Waals surface area contributed by atoms with Crippen LogP contribution >= 0.6 is 31.9 Å². The van der Waals surface area contributed by atoms with Crippen molar-refractivity contribution < 1.29 is 56.8 Å². The zero-order chi connectivity index (χ0) is 109. The van der Waals surface area contributed by atoms with E-state index in [0.717, 1.165) is 61.1 Å². The average Bonchev–Trinajstić information content (AvgIpc) is 0.755. The summed E-state index contributed by atoms with van der Waals surface area (Å²) in [6, 6.07) is 36.5. The van der Waals surface area contributed by atoms with E-state index in [1.165, 1.54) is 92.1 Å². The maximum Gasteiger partial charge on any atom is 0.420 e. The Kier molecular flexibility index (Phi) is 36.8. The normalized spacial score (nSPS) is 11.6. The number of nitrogens with zero attached hydrogens (tertiary/aromatic N) is 15. The van der Waals surface area contributed by atoms with E-state index in [1.807, 2.05) is 74.4 Å². The van der Waals surface area contributed by atoms with Gasteiger partial charge in [-0.25, -0.2) is 57.8 Å². The van der Waals surface area contributed by atoms with E-state index in [4.69, 9.17) is 18.9 Å². The summed E-state index contributed by atoms with van der Waals surface area (Å²) >= 11 is 6.69. The van der Waals surface area contributed by atoms with Crippen molar-refractivity contribution in [1.29, 1.82) is 0 Å². The number of hydrogen-bond donors (Lipinski definition) is 5. The molecule has 3 amide bonds. The Morgan fingerprint density at radius 1 is 0.439 bits per heavy atom. The topological polar surface area (TPSA) is 410 Å². The lowest BCUT2D eigenvalue weighted by Crippen LogP contribution is -2.38. The van der Waals surface area contributed by atoms with Gasteiger partial charge >= 0.3 is 24.2 Å². The number of amides is 3. The number of hydrogen-bond acceptors (Lipinski definition) is 26. The quantitative estimate of drug-likeness (QED) is 0.0201. The molecule has 0 aliphatic carbocycles. The number of halogens is 4. The molecule has 10 heterocycles. The minimum atomic E-state index is -0.900. The minimum Gasteiger partial charge on any atom is -0.461 e. The van der Waals surface area contributed by atoms with Gasteiger partial charge in [-0.15, -0.1) is 0 Å². The van der Waals surface area contributed by atoms with Crippen LogP contribution in [0.5, 0.6) is 0 Å². The number of carbonyl (C=O) groups is 5. The summed E-state index contributed by atoms with van der Waals surface area (Å²) in [5.74, 6) is -0.719. The van der Waals surface area contributed by atoms with Crippen molar-refractivity contribution >= 4 is 130 Å². The van der Waals surface area contributed by atoms with Crippen LogP contribution in [-0.4, -0.2) is 130 Å². The number of rotatable bonds is 25. The number of fused-ring (bicyclic) bond motifs is 2. The molecular weight excluding hydrogens is 2030 g/mol. The Labute approximate surface area is 871 Å². The number of pyridine rings is 8. The van der Waals surface area contributed by atoms with Crippen LogP contribution in [0.2, 0.25) is 0 Å². The van der Waals surface area contributed by atoms with E-state index < -0.39 is 81.5 Å². The van der Waals surface area contributed by atoms with Crippen molar-refractivity contribution in [3.8, 4) is 33.6 Å². The van der Waals surface area contributed by atoms with E-state index in [1.54, 1.807) is 212 Å². The summed E-state index contributed by atoms with van der Waals surface area (Å²) in [6.07, 6.45) is 14.1. The summed E-state index contributed by atoms with van der Waals surface area (Å²) in [4.78, 5) is 163. The number of aldehydes is 1. The highest BCUT2D eigenvalue weighted by Gasteiger charge is 2.35. The summed E-state index contributed by atoms with van der Waals surface area (Å²) < 4.78 is 62.0. The van der Waals surface area contributed by atoms with Crippen molar-refractivity contribution in [3.63, 3.8) is 0 Å². The van der Waals surface area contributed by atoms with Crippen molar-refractivity contribution in [3.05, 3.63) is 323 Å². The van der Waals surface area contributed by atoms with Gasteiger partial charge in [-0.2, -0.15) is 19.6 Å². The molecule has 0 bridgehead atoms. The molecule has 0 aliphatic heterocycles. The van der Waals surface area contributed by atoms with Gasteiger partial charge in [-0.05, 0) is 255 Å². The predicted molar refractivity (Wildman–Crippen MR) is 576 cm³/mol. The fourth-order valence-corrected chi connectivity index (χ4v) is 16.2. The largest absolute Gasteiger partial charge is 0.461 e. The Morgan fingerprint density at radius 2 is 0.811 bits per heavy atom. The molecular formula is C109H123Br2F2N19O16. The first-order valence-corrected chi connectivity index (χ1v) is 49.1. The summed E-state index contributed by atoms with van der Waals surface area (Å²) in [5, 5.41) is 32.6. The third-order valence-electron chi connectivity index (χ3n) is 22.5. The molecule has 0 unspecified atom stereocenters. The molecule has 148 heavy (non-hydrogen) atoms. The SMILES string of the molecule is CCNCc1ccc(N(C(=O)OC(C)(C)C)c2cc(-c3cccc(-n4ncc5cc(C(C)(C)C)cc(F)c5c4=O)c3COC(C)=O)cn(C)c2=O)nc1.CCNCc1ccc(N(C(=O)OC(C)(C)C)c2cc(Br)cn(C)c2=O)nc1.CCNCc1ccc(Nc2cc(-c3cccc(-n4ncc5cc(C(C)(C)C)cc(F)c5c4=O)c3CO)cn(C)c2=O)nc1.Cn1cc(Br)cc(N(C(=O)OC(C)(C)C)c2ccc(C=O)cn2)c1=O. The third-order valence-corrected chi connectivity index (χ3v) is 23.3. The first-order valence-electron chi connectivity index (χ1n) is 47.5. The standard InChI is InChI=1S/C40H45FN6O6.C33H35FN6O3.C19H25BrN4O3.C17H18BrN3O4/c1-10-42-19-25-14-15-34(43-20-25)46(38(51)53-40(6,7)8)33-17-27(22-45(9)36(33)49)29-12-11-13-32(30(29)23-52-24(2)48)47-37(50)35-26(21-44-47)16-28(18-31(35)41)39(3,4)5;1-6-35-15-20-10-11-29(36-16-20)38-27-13-22(18-39(5)31(27)42)24-8-7-9-28(25(24)19-41)40-32(43)30-21(17-37-40)12-23(14-26(30)34)33(2,3)4;1-6-21-10-13-7-8-16(22-11-13)24(18(26)27-19(2,3)4)15-9-14(20)12-23(5)17(15)25;1-17(2,3)25-16(24)21(14-6-5-11(10-22)8-19-14)13-7-12(18)9-20(4)15(13)23/h11-18,20-22,42H,10,19,23H2,1-9H3;7-14,16-18,35,41H,6,15,19H2,1-5H3,(H,36,38);7-9,11-12,21H,6,10H2,1-5H3;5-10H,1-4H3. The number of aliphatic hydroxyl groups is 1. The van der Waals surface area contributed by atoms with Crippen molar-refractivity contribution in [2.24, 2.45) is 28.2 Å². The van der Waals surface area contributed by atoms with Gasteiger partial charge in [0, 0.05) is 152 Å². The van der Waals surface area contributed by atoms with Gasteiger partial charge in [-0.3, -0.25) is 38.4 Å². The van der Waals surface area contributed by atoms with Gasteiger partial charge in [0.25, 0.3) is 33.4 Å². The van der Waals surface area contributed by atoms with Crippen LogP contribution in [0.15, 0.2) is 233 Å². The number of benzene rings is 4. The number of aryl methyl sites for hydroxylation is 4. The average molecular weight is 2150 g/mol. The summed E-state index contributed by atoms with van der Waals surface area (Å²) in [5.41, 5.74) is 2.67. The number of esters is 1. The van der Waals surface area contributed by atoms with Crippen LogP contribution in [-0.2, 0) is 95.6 Å². The van der Waals surface area contributed by atoms with E-state index in [-0.39, 0.29) is 73.7 Å². The van der Waals surface area contributed by atoms with Crippen LogP contribution in [0.4, 0.5) is 69.2 Å². The third kappa shape index (κ3) is 28.4. The lowest BCUT2D eigenvalue weighted by Gasteiger charge is -2.27. The number of anilines is 8. The van der Waals surface area contributed by atoms with Crippen LogP contribution in [0.1, 0.15) is 181 Å². The number of aromatic nitrogens is 12. The zero-order valence-electron chi connectivity index (χ0n) is 87.0. The number of aliphatic hydroxyl groups excluding tert-OH is 1. The Hall–Kier alpha value is -15.0. The first kappa shape index (κ1) is 113. The number of nitrogens with one attached hydrogen (secondary N) is 4. The Balaban J connectivity index is 0.000000196. The fraction of sp³-hybridized carbons (Fsp3) is 0.330. The molecule has 35 nitrogen and oxygen atoms in total. The fourth-order valence-electron chi connectivity index (χ4n) is 15.2. The highest BCUT2D eigenvalue weighted by molar-refractivity contribution is 9.10. The Bertz CT molecular complexity index is 7650. The molecule has 14 rings (SSSR count). The van der Waals surface area contributed by atoms with Gasteiger partial charge in [-0.1, -0.05) is 105 Å². The monoisotopic (exact) mass is 2150 g/mol. The van der Waals surface area contributed by atoms with E-state index >= 15 is 8.78 Å². The zero-order valence-corrected chi connectivity index (χ0v) is 90.2. The lowest BCUT2D eigenvalue weighted by molar-refractivity contribution is -0.142.